The van der Waals surface area contributed by atoms with Gasteiger partial charge >= 0.3 is 0 Å². The Morgan fingerprint density at radius 3 is 2.52 bits per heavy atom. The van der Waals surface area contributed by atoms with Gasteiger partial charge in [0.2, 0.25) is 0 Å². The van der Waals surface area contributed by atoms with Crippen LogP contribution in [-0.2, 0) is 0 Å². The highest BCUT2D eigenvalue weighted by molar-refractivity contribution is 5.81. The molecule has 2 aromatic carbocycles. The molecule has 2 nitrogen and oxygen atoms in total. The second-order valence-electron chi connectivity index (χ2n) is 4.50. The second kappa shape index (κ2) is 7.15. The topological polar surface area (TPSA) is 35.2 Å². The van der Waals surface area contributed by atoms with Crippen molar-refractivity contribution in [2.45, 2.75) is 0 Å². The first-order valence-electron chi connectivity index (χ1n) is 6.75. The third-order valence-corrected chi connectivity index (χ3v) is 3.19. The van der Waals surface area contributed by atoms with Gasteiger partial charge in [0.15, 0.2) is 0 Å². The highest BCUT2D eigenvalue weighted by atomic mass is 16.5. The van der Waals surface area contributed by atoms with Crippen molar-refractivity contribution in [2.75, 3.05) is 7.11 Å². The van der Waals surface area contributed by atoms with Gasteiger partial charge in [-0.3, -0.25) is 0 Å². The second-order valence-corrected chi connectivity index (χ2v) is 4.50. The van der Waals surface area contributed by atoms with Gasteiger partial charge in [-0.1, -0.05) is 55.1 Å². The highest BCUT2D eigenvalue weighted by Gasteiger charge is 2.08. The van der Waals surface area contributed by atoms with Crippen molar-refractivity contribution < 1.29 is 4.74 Å². The van der Waals surface area contributed by atoms with Crippen LogP contribution in [0.15, 0.2) is 79.5 Å². The van der Waals surface area contributed by atoms with E-state index in [1.54, 1.807) is 13.2 Å². The Balaban J connectivity index is 2.57. The van der Waals surface area contributed by atoms with Crippen LogP contribution in [0, 0.1) is 0 Å². The van der Waals surface area contributed by atoms with Gasteiger partial charge in [0, 0.05) is 5.56 Å². The maximum atomic E-state index is 5.52. The first-order valence-corrected chi connectivity index (χ1v) is 6.75. The third-order valence-electron chi connectivity index (χ3n) is 3.19. The molecule has 0 atom stereocenters. The zero-order chi connectivity index (χ0) is 15.1. The Labute approximate surface area is 125 Å². The minimum absolute atomic E-state index is 0.847. The molecule has 0 bridgehead atoms. The summed E-state index contributed by atoms with van der Waals surface area (Å²) in [6, 6.07) is 16.3. The number of hydrogen-bond acceptors (Lipinski definition) is 2. The molecule has 106 valence electrons. The Morgan fingerprint density at radius 1 is 1.14 bits per heavy atom. The number of benzene rings is 2. The van der Waals surface area contributed by atoms with Crippen LogP contribution in [0.1, 0.15) is 5.56 Å². The zero-order valence-electron chi connectivity index (χ0n) is 12.1. The summed E-state index contributed by atoms with van der Waals surface area (Å²) in [5, 5.41) is 0. The van der Waals surface area contributed by atoms with Crippen molar-refractivity contribution in [1.82, 2.24) is 0 Å². The molecule has 0 amide bonds. The van der Waals surface area contributed by atoms with Crippen molar-refractivity contribution in [3.05, 3.63) is 85.1 Å². The maximum Gasteiger partial charge on any atom is 0.126 e. The summed E-state index contributed by atoms with van der Waals surface area (Å²) >= 11 is 0. The smallest absolute Gasteiger partial charge is 0.126 e. The quantitative estimate of drug-likeness (QED) is 0.822. The average molecular weight is 277 g/mol. The minimum Gasteiger partial charge on any atom is -0.496 e. The van der Waals surface area contributed by atoms with E-state index in [2.05, 4.69) is 24.8 Å². The molecular weight excluding hydrogens is 258 g/mol. The van der Waals surface area contributed by atoms with Gasteiger partial charge in [0.25, 0.3) is 0 Å². The van der Waals surface area contributed by atoms with Gasteiger partial charge in [0.05, 0.1) is 7.11 Å². The molecule has 0 aliphatic rings. The summed E-state index contributed by atoms with van der Waals surface area (Å²) < 4.78 is 5.47. The fraction of sp³-hybridized carbons (Fsp3) is 0.0526. The molecule has 0 aromatic heterocycles. The van der Waals surface area contributed by atoms with E-state index in [1.807, 2.05) is 42.5 Å². The first-order chi connectivity index (χ1) is 10.3. The predicted molar refractivity (Wildman–Crippen MR) is 89.9 cm³/mol. The molecular formula is C19H19NO. The molecule has 0 saturated carbocycles. The van der Waals surface area contributed by atoms with Crippen molar-refractivity contribution in [3.63, 3.8) is 0 Å². The molecule has 0 aliphatic carbocycles. The van der Waals surface area contributed by atoms with Crippen LogP contribution in [0.5, 0.6) is 5.75 Å². The molecule has 0 heterocycles. The number of allylic oxidation sites excluding steroid dienone is 4. The average Bonchev–Trinajstić information content (AvgIpc) is 2.55. The van der Waals surface area contributed by atoms with Crippen LogP contribution in [0.3, 0.4) is 0 Å². The van der Waals surface area contributed by atoms with Crippen LogP contribution >= 0.6 is 0 Å². The van der Waals surface area contributed by atoms with E-state index in [9.17, 15) is 0 Å². The zero-order valence-corrected chi connectivity index (χ0v) is 12.1. The van der Waals surface area contributed by atoms with Crippen molar-refractivity contribution >= 4 is 5.57 Å². The van der Waals surface area contributed by atoms with E-state index in [4.69, 9.17) is 10.5 Å². The maximum absolute atomic E-state index is 5.52. The standard InChI is InChI=1S/C19H19NO/c1-3-7-15(12-13-20)17-10-11-19(21-2)18(14-17)16-8-5-4-6-9-16/h3-14H,1,20H2,2H3/b13-12-,15-7+. The van der Waals surface area contributed by atoms with Gasteiger partial charge in [0.1, 0.15) is 5.75 Å². The fourth-order valence-corrected chi connectivity index (χ4v) is 2.21. The molecule has 2 N–H and O–H groups in total. The van der Waals surface area contributed by atoms with Crippen LogP contribution in [0.2, 0.25) is 0 Å². The van der Waals surface area contributed by atoms with Gasteiger partial charge in [-0.25, -0.2) is 0 Å². The first kappa shape index (κ1) is 14.7. The number of rotatable bonds is 5. The van der Waals surface area contributed by atoms with Crippen LogP contribution in [-0.4, -0.2) is 7.11 Å². The fourth-order valence-electron chi connectivity index (χ4n) is 2.21. The lowest BCUT2D eigenvalue weighted by Crippen LogP contribution is -1.91. The summed E-state index contributed by atoms with van der Waals surface area (Å²) in [7, 11) is 1.68. The predicted octanol–water partition coefficient (Wildman–Crippen LogP) is 4.40. The molecule has 21 heavy (non-hydrogen) atoms. The van der Waals surface area contributed by atoms with E-state index < -0.39 is 0 Å². The largest absolute Gasteiger partial charge is 0.496 e. The summed E-state index contributed by atoms with van der Waals surface area (Å²) in [5.74, 6) is 0.847. The number of hydrogen-bond donors (Lipinski definition) is 1. The molecule has 2 heteroatoms. The van der Waals surface area contributed by atoms with Crippen molar-refractivity contribution in [2.24, 2.45) is 5.73 Å². The Morgan fingerprint density at radius 2 is 1.90 bits per heavy atom. The van der Waals surface area contributed by atoms with Crippen LogP contribution in [0.4, 0.5) is 0 Å². The lowest BCUT2D eigenvalue weighted by Gasteiger charge is -2.11. The van der Waals surface area contributed by atoms with E-state index in [-0.39, 0.29) is 0 Å². The number of methoxy groups -OCH3 is 1. The van der Waals surface area contributed by atoms with E-state index in [0.29, 0.717) is 0 Å². The van der Waals surface area contributed by atoms with Gasteiger partial charge < -0.3 is 10.5 Å². The van der Waals surface area contributed by atoms with Crippen LogP contribution < -0.4 is 10.5 Å². The Kier molecular flexibility index (Phi) is 4.99. The molecule has 0 aliphatic heterocycles. The summed E-state index contributed by atoms with van der Waals surface area (Å²) in [6.45, 7) is 3.75. The minimum atomic E-state index is 0.847. The molecule has 0 radical (unpaired) electrons. The molecule has 0 unspecified atom stereocenters. The van der Waals surface area contributed by atoms with E-state index in [1.165, 1.54) is 6.20 Å². The third kappa shape index (κ3) is 3.42. The number of ether oxygens (including phenoxy) is 1. The molecule has 0 saturated heterocycles. The van der Waals surface area contributed by atoms with Gasteiger partial charge in [-0.05, 0) is 41.1 Å². The lowest BCUT2D eigenvalue weighted by molar-refractivity contribution is 0.416. The lowest BCUT2D eigenvalue weighted by atomic mass is 9.97. The molecule has 2 rings (SSSR count). The summed E-state index contributed by atoms with van der Waals surface area (Å²) in [4.78, 5) is 0. The molecule has 0 fully saturated rings. The molecule has 2 aromatic rings. The number of nitrogens with two attached hydrogens (primary N) is 1. The normalized spacial score (nSPS) is 11.6. The highest BCUT2D eigenvalue weighted by Crippen LogP contribution is 2.33. The Hall–Kier alpha value is -2.74. The van der Waals surface area contributed by atoms with Crippen molar-refractivity contribution in [3.8, 4) is 16.9 Å². The summed E-state index contributed by atoms with van der Waals surface area (Å²) in [5.41, 5.74) is 9.76. The SMILES string of the molecule is C=C/C=C(\C=C/N)c1ccc(OC)c(-c2ccccc2)c1. The van der Waals surface area contributed by atoms with Crippen LogP contribution in [0.25, 0.3) is 16.7 Å². The Bertz CT molecular complexity index is 669. The monoisotopic (exact) mass is 277 g/mol. The van der Waals surface area contributed by atoms with Gasteiger partial charge in [-0.15, -0.1) is 0 Å². The molecule has 0 spiro atoms. The van der Waals surface area contributed by atoms with Crippen molar-refractivity contribution in [1.29, 1.82) is 0 Å². The van der Waals surface area contributed by atoms with Gasteiger partial charge in [-0.2, -0.15) is 0 Å². The van der Waals surface area contributed by atoms with E-state index in [0.717, 1.165) is 28.0 Å². The summed E-state index contributed by atoms with van der Waals surface area (Å²) in [6.07, 6.45) is 7.07. The van der Waals surface area contributed by atoms with E-state index >= 15 is 0 Å².